The summed E-state index contributed by atoms with van der Waals surface area (Å²) in [5.74, 6) is -0.839. The van der Waals surface area contributed by atoms with E-state index in [2.05, 4.69) is 4.74 Å². The van der Waals surface area contributed by atoms with Crippen molar-refractivity contribution in [2.24, 2.45) is 5.73 Å². The Hall–Kier alpha value is -1.06. The zero-order chi connectivity index (χ0) is 10.6. The highest BCUT2D eigenvalue weighted by atomic mass is 35.5. The molecule has 4 heteroatoms. The number of rotatable bonds is 3. The molecule has 0 spiro atoms. The fraction of sp³-hybridized carbons (Fsp3) is 0.300. The molecule has 0 saturated heterocycles. The zero-order valence-corrected chi connectivity index (χ0v) is 8.62. The minimum absolute atomic E-state index is 0.191. The van der Waals surface area contributed by atoms with Gasteiger partial charge in [0, 0.05) is 11.6 Å². The van der Waals surface area contributed by atoms with E-state index in [1.165, 1.54) is 7.11 Å². The lowest BCUT2D eigenvalue weighted by atomic mass is 9.99. The van der Waals surface area contributed by atoms with Gasteiger partial charge in [-0.1, -0.05) is 29.8 Å². The van der Waals surface area contributed by atoms with Crippen LogP contribution >= 0.6 is 11.6 Å². The smallest absolute Gasteiger partial charge is 0.314 e. The number of carbonyl (C=O) groups is 1. The monoisotopic (exact) mass is 213 g/mol. The third-order valence-corrected chi connectivity index (χ3v) is 2.35. The van der Waals surface area contributed by atoms with E-state index < -0.39 is 5.92 Å². The van der Waals surface area contributed by atoms with Crippen LogP contribution in [0.1, 0.15) is 11.5 Å². The Balaban J connectivity index is 3.01. The molecule has 14 heavy (non-hydrogen) atoms. The second-order valence-electron chi connectivity index (χ2n) is 2.83. The van der Waals surface area contributed by atoms with Crippen molar-refractivity contribution in [1.29, 1.82) is 0 Å². The molecule has 0 aromatic heterocycles. The van der Waals surface area contributed by atoms with E-state index in [-0.39, 0.29) is 12.5 Å². The van der Waals surface area contributed by atoms with E-state index in [9.17, 15) is 4.79 Å². The van der Waals surface area contributed by atoms with E-state index in [0.29, 0.717) is 10.6 Å². The lowest BCUT2D eigenvalue weighted by Gasteiger charge is -2.13. The van der Waals surface area contributed by atoms with Gasteiger partial charge in [-0.05, 0) is 11.6 Å². The van der Waals surface area contributed by atoms with E-state index in [4.69, 9.17) is 17.3 Å². The highest BCUT2D eigenvalue weighted by Gasteiger charge is 2.21. The van der Waals surface area contributed by atoms with Crippen molar-refractivity contribution in [2.75, 3.05) is 13.7 Å². The third-order valence-electron chi connectivity index (χ3n) is 2.00. The molecule has 0 aliphatic heterocycles. The predicted octanol–water partition coefficient (Wildman–Crippen LogP) is 1.56. The molecular weight excluding hydrogens is 202 g/mol. The molecule has 0 heterocycles. The first-order valence-electron chi connectivity index (χ1n) is 4.23. The summed E-state index contributed by atoms with van der Waals surface area (Å²) in [6.07, 6.45) is 0. The molecule has 1 unspecified atom stereocenters. The SMILES string of the molecule is COC(=O)C(CN)c1ccccc1Cl. The van der Waals surface area contributed by atoms with Crippen molar-refractivity contribution < 1.29 is 9.53 Å². The van der Waals surface area contributed by atoms with E-state index in [1.807, 2.05) is 6.07 Å². The van der Waals surface area contributed by atoms with Gasteiger partial charge < -0.3 is 10.5 Å². The summed E-state index contributed by atoms with van der Waals surface area (Å²) in [4.78, 5) is 11.3. The molecule has 1 aromatic carbocycles. The van der Waals surface area contributed by atoms with Gasteiger partial charge >= 0.3 is 5.97 Å². The van der Waals surface area contributed by atoms with Crippen LogP contribution in [0.5, 0.6) is 0 Å². The summed E-state index contributed by atoms with van der Waals surface area (Å²) in [6, 6.07) is 7.11. The maximum Gasteiger partial charge on any atom is 0.314 e. The molecule has 0 radical (unpaired) electrons. The average Bonchev–Trinajstić information content (AvgIpc) is 2.21. The molecular formula is C10H12ClNO2. The van der Waals surface area contributed by atoms with Gasteiger partial charge in [-0.25, -0.2) is 0 Å². The Bertz CT molecular complexity index is 328. The lowest BCUT2D eigenvalue weighted by molar-refractivity contribution is -0.142. The number of carbonyl (C=O) groups excluding carboxylic acids is 1. The number of nitrogens with two attached hydrogens (primary N) is 1. The predicted molar refractivity (Wildman–Crippen MR) is 55.3 cm³/mol. The molecule has 1 aromatic rings. The highest BCUT2D eigenvalue weighted by molar-refractivity contribution is 6.31. The van der Waals surface area contributed by atoms with Crippen molar-refractivity contribution in [1.82, 2.24) is 0 Å². The summed E-state index contributed by atoms with van der Waals surface area (Å²) >= 11 is 5.94. The quantitative estimate of drug-likeness (QED) is 0.776. The van der Waals surface area contributed by atoms with Crippen LogP contribution < -0.4 is 5.73 Å². The van der Waals surface area contributed by atoms with Gasteiger partial charge in [0.05, 0.1) is 13.0 Å². The van der Waals surface area contributed by atoms with Crippen LogP contribution in [0, 0.1) is 0 Å². The van der Waals surface area contributed by atoms with Gasteiger partial charge in [0.15, 0.2) is 0 Å². The standard InChI is InChI=1S/C10H12ClNO2/c1-14-10(13)8(6-12)7-4-2-3-5-9(7)11/h2-5,8H,6,12H2,1H3. The number of esters is 1. The van der Waals surface area contributed by atoms with Crippen LogP contribution in [0.2, 0.25) is 5.02 Å². The van der Waals surface area contributed by atoms with Crippen molar-refractivity contribution in [3.63, 3.8) is 0 Å². The second kappa shape index (κ2) is 4.98. The molecule has 0 saturated carbocycles. The molecule has 0 aliphatic rings. The van der Waals surface area contributed by atoms with Gasteiger partial charge in [0.25, 0.3) is 0 Å². The molecule has 0 amide bonds. The average molecular weight is 214 g/mol. The fourth-order valence-corrected chi connectivity index (χ4v) is 1.52. The summed E-state index contributed by atoms with van der Waals surface area (Å²) in [7, 11) is 1.34. The molecule has 2 N–H and O–H groups in total. The summed E-state index contributed by atoms with van der Waals surface area (Å²) < 4.78 is 4.64. The normalized spacial score (nSPS) is 12.2. The number of hydrogen-bond donors (Lipinski definition) is 1. The van der Waals surface area contributed by atoms with Gasteiger partial charge in [0.2, 0.25) is 0 Å². The van der Waals surface area contributed by atoms with Crippen LogP contribution in [0.15, 0.2) is 24.3 Å². The molecule has 1 atom stereocenters. The highest BCUT2D eigenvalue weighted by Crippen LogP contribution is 2.24. The van der Waals surface area contributed by atoms with Gasteiger partial charge in [-0.2, -0.15) is 0 Å². The number of benzene rings is 1. The van der Waals surface area contributed by atoms with Gasteiger partial charge in [-0.3, -0.25) is 4.79 Å². The summed E-state index contributed by atoms with van der Waals surface area (Å²) in [6.45, 7) is 0.191. The molecule has 76 valence electrons. The molecule has 0 fully saturated rings. The number of hydrogen-bond acceptors (Lipinski definition) is 3. The zero-order valence-electron chi connectivity index (χ0n) is 7.87. The first kappa shape index (κ1) is 11.0. The van der Waals surface area contributed by atoms with Crippen LogP contribution in [-0.2, 0) is 9.53 Å². The Kier molecular flexibility index (Phi) is 3.92. The van der Waals surface area contributed by atoms with Crippen molar-refractivity contribution in [2.45, 2.75) is 5.92 Å². The van der Waals surface area contributed by atoms with E-state index in [1.54, 1.807) is 18.2 Å². The number of ether oxygens (including phenoxy) is 1. The van der Waals surface area contributed by atoms with Crippen LogP contribution in [0.3, 0.4) is 0 Å². The largest absolute Gasteiger partial charge is 0.469 e. The van der Waals surface area contributed by atoms with Crippen LogP contribution in [-0.4, -0.2) is 19.6 Å². The maximum absolute atomic E-state index is 11.3. The van der Waals surface area contributed by atoms with Crippen LogP contribution in [0.25, 0.3) is 0 Å². The molecule has 0 aliphatic carbocycles. The second-order valence-corrected chi connectivity index (χ2v) is 3.24. The Morgan fingerprint density at radius 2 is 2.21 bits per heavy atom. The van der Waals surface area contributed by atoms with Crippen molar-refractivity contribution in [3.8, 4) is 0 Å². The minimum Gasteiger partial charge on any atom is -0.469 e. The summed E-state index contributed by atoms with van der Waals surface area (Å²) in [5.41, 5.74) is 6.20. The van der Waals surface area contributed by atoms with E-state index >= 15 is 0 Å². The molecule has 1 rings (SSSR count). The first-order chi connectivity index (χ1) is 6.70. The first-order valence-corrected chi connectivity index (χ1v) is 4.60. The van der Waals surface area contributed by atoms with Crippen molar-refractivity contribution >= 4 is 17.6 Å². The molecule has 0 bridgehead atoms. The molecule has 3 nitrogen and oxygen atoms in total. The van der Waals surface area contributed by atoms with Gasteiger partial charge in [0.1, 0.15) is 0 Å². The minimum atomic E-state index is -0.478. The maximum atomic E-state index is 11.3. The van der Waals surface area contributed by atoms with Crippen molar-refractivity contribution in [3.05, 3.63) is 34.9 Å². The van der Waals surface area contributed by atoms with Gasteiger partial charge in [-0.15, -0.1) is 0 Å². The van der Waals surface area contributed by atoms with Crippen LogP contribution in [0.4, 0.5) is 0 Å². The Morgan fingerprint density at radius 1 is 1.57 bits per heavy atom. The number of halogens is 1. The fourth-order valence-electron chi connectivity index (χ4n) is 1.25. The Labute approximate surface area is 87.8 Å². The summed E-state index contributed by atoms with van der Waals surface area (Å²) in [5, 5.41) is 0.536. The Morgan fingerprint density at radius 3 is 2.71 bits per heavy atom. The number of methoxy groups -OCH3 is 1. The van der Waals surface area contributed by atoms with E-state index in [0.717, 1.165) is 0 Å². The lowest BCUT2D eigenvalue weighted by Crippen LogP contribution is -2.23. The third kappa shape index (κ3) is 2.25. The topological polar surface area (TPSA) is 52.3 Å².